The molecule has 0 amide bonds. The molecule has 1 aliphatic heterocycles. The van der Waals surface area contributed by atoms with Crippen LogP contribution in [0.4, 0.5) is 13.2 Å². The Morgan fingerprint density at radius 1 is 1.00 bits per heavy atom. The number of aromatic nitrogens is 1. The average molecular weight is 382 g/mol. The number of pyridine rings is 1. The molecule has 2 aromatic carbocycles. The fourth-order valence-electron chi connectivity index (χ4n) is 2.73. The molecule has 140 valence electrons. The van der Waals surface area contributed by atoms with E-state index in [1.807, 2.05) is 0 Å². The highest BCUT2D eigenvalue weighted by molar-refractivity contribution is 6.12. The van der Waals surface area contributed by atoms with Gasteiger partial charge in [0.15, 0.2) is 6.29 Å². The molecule has 1 aliphatic rings. The van der Waals surface area contributed by atoms with Crippen molar-refractivity contribution in [3.8, 4) is 22.8 Å². The van der Waals surface area contributed by atoms with Crippen molar-refractivity contribution >= 4 is 12.0 Å². The first-order valence-corrected chi connectivity index (χ1v) is 8.39. The molecule has 0 radical (unpaired) electrons. The van der Waals surface area contributed by atoms with E-state index in [4.69, 9.17) is 4.74 Å². The van der Waals surface area contributed by atoms with Crippen LogP contribution in [-0.4, -0.2) is 23.5 Å². The number of alkyl halides is 3. The summed E-state index contributed by atoms with van der Waals surface area (Å²) in [7, 11) is 0. The summed E-state index contributed by atoms with van der Waals surface area (Å²) in [4.78, 5) is 19.1. The third kappa shape index (κ3) is 3.78. The van der Waals surface area contributed by atoms with E-state index < -0.39 is 11.7 Å². The molecule has 0 N–H and O–H groups in total. The number of hydrogen-bond donors (Lipinski definition) is 0. The van der Waals surface area contributed by atoms with Gasteiger partial charge < -0.3 is 4.74 Å². The quantitative estimate of drug-likeness (QED) is 0.572. The van der Waals surface area contributed by atoms with Crippen LogP contribution >= 0.6 is 0 Å². The van der Waals surface area contributed by atoms with Gasteiger partial charge in [-0.1, -0.05) is 6.07 Å². The van der Waals surface area contributed by atoms with Crippen molar-refractivity contribution in [1.29, 1.82) is 0 Å². The predicted molar refractivity (Wildman–Crippen MR) is 98.0 cm³/mol. The summed E-state index contributed by atoms with van der Waals surface area (Å²) in [6.45, 7) is 0.412. The molecule has 4 rings (SSSR count). The molecule has 0 bridgehead atoms. The molecule has 0 saturated heterocycles. The van der Waals surface area contributed by atoms with Gasteiger partial charge in [-0.15, -0.1) is 0 Å². The SMILES string of the molecule is O=Cc1cccc(-c2ccc(Oc3ccc(C(F)(F)F)cc3C3=NC3)cc2)n1. The Balaban J connectivity index is 1.59. The van der Waals surface area contributed by atoms with E-state index in [2.05, 4.69) is 9.98 Å². The molecule has 0 fully saturated rings. The van der Waals surface area contributed by atoms with Crippen LogP contribution in [0, 0.1) is 0 Å². The lowest BCUT2D eigenvalue weighted by Gasteiger charge is -2.13. The van der Waals surface area contributed by atoms with E-state index in [1.165, 1.54) is 6.07 Å². The smallest absolute Gasteiger partial charge is 0.416 e. The normalized spacial score (nSPS) is 13.0. The van der Waals surface area contributed by atoms with Gasteiger partial charge >= 0.3 is 6.18 Å². The summed E-state index contributed by atoms with van der Waals surface area (Å²) >= 11 is 0. The highest BCUT2D eigenvalue weighted by Crippen LogP contribution is 2.36. The second-order valence-electron chi connectivity index (χ2n) is 6.16. The van der Waals surface area contributed by atoms with Crippen LogP contribution in [0.15, 0.2) is 65.7 Å². The lowest BCUT2D eigenvalue weighted by atomic mass is 10.1. The Labute approximate surface area is 158 Å². The number of aliphatic imine (C=N–C) groups is 1. The second-order valence-corrected chi connectivity index (χ2v) is 6.16. The molecular weight excluding hydrogens is 369 g/mol. The second kappa shape index (κ2) is 6.92. The fourth-order valence-corrected chi connectivity index (χ4v) is 2.73. The predicted octanol–water partition coefficient (Wildman–Crippen LogP) is 5.17. The molecular formula is C21H13F3N2O2. The number of rotatable bonds is 5. The van der Waals surface area contributed by atoms with Gasteiger partial charge in [0.1, 0.15) is 17.2 Å². The minimum atomic E-state index is -4.42. The van der Waals surface area contributed by atoms with Crippen LogP contribution in [0.1, 0.15) is 21.6 Å². The lowest BCUT2D eigenvalue weighted by molar-refractivity contribution is -0.137. The summed E-state index contributed by atoms with van der Waals surface area (Å²) in [6, 6.07) is 15.4. The first-order valence-electron chi connectivity index (χ1n) is 8.39. The van der Waals surface area contributed by atoms with E-state index in [0.717, 1.165) is 17.7 Å². The van der Waals surface area contributed by atoms with Crippen molar-refractivity contribution in [2.24, 2.45) is 4.99 Å². The summed E-state index contributed by atoms with van der Waals surface area (Å²) in [5, 5.41) is 0. The molecule has 0 atom stereocenters. The molecule has 0 saturated carbocycles. The molecule has 7 heteroatoms. The number of carbonyl (C=O) groups excluding carboxylic acids is 1. The van der Waals surface area contributed by atoms with E-state index in [0.29, 0.717) is 47.0 Å². The van der Waals surface area contributed by atoms with Gasteiger partial charge in [0.2, 0.25) is 0 Å². The van der Waals surface area contributed by atoms with Crippen molar-refractivity contribution in [1.82, 2.24) is 4.98 Å². The topological polar surface area (TPSA) is 51.5 Å². The van der Waals surface area contributed by atoms with E-state index in [-0.39, 0.29) is 0 Å². The van der Waals surface area contributed by atoms with Gasteiger partial charge in [-0.25, -0.2) is 4.98 Å². The lowest BCUT2D eigenvalue weighted by Crippen LogP contribution is -2.07. The van der Waals surface area contributed by atoms with Crippen molar-refractivity contribution < 1.29 is 22.7 Å². The Hall–Kier alpha value is -3.48. The van der Waals surface area contributed by atoms with Crippen LogP contribution in [0.3, 0.4) is 0 Å². The van der Waals surface area contributed by atoms with Crippen molar-refractivity contribution in [2.45, 2.75) is 6.18 Å². The number of hydrogen-bond acceptors (Lipinski definition) is 4. The number of halogens is 3. The first kappa shape index (κ1) is 17.9. The Kier molecular flexibility index (Phi) is 4.43. The summed E-state index contributed by atoms with van der Waals surface area (Å²) in [5.41, 5.74) is 1.96. The third-order valence-electron chi connectivity index (χ3n) is 4.20. The molecule has 0 aliphatic carbocycles. The number of ether oxygens (including phenoxy) is 1. The Morgan fingerprint density at radius 3 is 2.39 bits per heavy atom. The van der Waals surface area contributed by atoms with Crippen LogP contribution < -0.4 is 4.74 Å². The van der Waals surface area contributed by atoms with Crippen molar-refractivity contribution in [3.63, 3.8) is 0 Å². The number of benzene rings is 2. The minimum absolute atomic E-state index is 0.318. The maximum absolute atomic E-state index is 13.0. The van der Waals surface area contributed by atoms with Gasteiger partial charge in [0.25, 0.3) is 0 Å². The van der Waals surface area contributed by atoms with Gasteiger partial charge in [-0.05, 0) is 54.6 Å². The van der Waals surface area contributed by atoms with Crippen molar-refractivity contribution in [2.75, 3.05) is 6.54 Å². The first-order chi connectivity index (χ1) is 13.4. The van der Waals surface area contributed by atoms with Gasteiger partial charge in [0.05, 0.1) is 23.5 Å². The Morgan fingerprint density at radius 2 is 1.75 bits per heavy atom. The largest absolute Gasteiger partial charge is 0.457 e. The fraction of sp³-hybridized carbons (Fsp3) is 0.0952. The van der Waals surface area contributed by atoms with Gasteiger partial charge in [-0.2, -0.15) is 13.2 Å². The average Bonchev–Trinajstić information content (AvgIpc) is 3.53. The van der Waals surface area contributed by atoms with Crippen LogP contribution in [0.5, 0.6) is 11.5 Å². The van der Waals surface area contributed by atoms with E-state index in [1.54, 1.807) is 42.5 Å². The Bertz CT molecular complexity index is 1070. The van der Waals surface area contributed by atoms with Gasteiger partial charge in [-0.3, -0.25) is 9.79 Å². The van der Waals surface area contributed by atoms with Crippen LogP contribution in [-0.2, 0) is 6.18 Å². The molecule has 3 aromatic rings. The molecule has 0 spiro atoms. The van der Waals surface area contributed by atoms with E-state index in [9.17, 15) is 18.0 Å². The third-order valence-corrected chi connectivity index (χ3v) is 4.20. The van der Waals surface area contributed by atoms with Crippen molar-refractivity contribution in [3.05, 3.63) is 77.5 Å². The monoisotopic (exact) mass is 382 g/mol. The standard InChI is InChI=1S/C21H13F3N2O2/c22-21(23,24)14-6-9-20(17(10-14)19-11-25-19)28-16-7-4-13(5-8-16)18-3-1-2-15(12-27)26-18/h1-10,12H,11H2. The summed E-state index contributed by atoms with van der Waals surface area (Å²) in [6.07, 6.45) is -3.75. The zero-order valence-electron chi connectivity index (χ0n) is 14.4. The number of carbonyl (C=O) groups is 1. The molecule has 0 unspecified atom stereocenters. The highest BCUT2D eigenvalue weighted by Gasteiger charge is 2.32. The summed E-state index contributed by atoms with van der Waals surface area (Å²) < 4.78 is 44.7. The van der Waals surface area contributed by atoms with Crippen LogP contribution in [0.2, 0.25) is 0 Å². The maximum Gasteiger partial charge on any atom is 0.416 e. The molecule has 2 heterocycles. The zero-order chi connectivity index (χ0) is 19.7. The maximum atomic E-state index is 13.0. The van der Waals surface area contributed by atoms with E-state index >= 15 is 0 Å². The number of nitrogens with zero attached hydrogens (tertiary/aromatic N) is 2. The molecule has 28 heavy (non-hydrogen) atoms. The summed E-state index contributed by atoms with van der Waals surface area (Å²) in [5.74, 6) is 0.788. The highest BCUT2D eigenvalue weighted by atomic mass is 19.4. The molecule has 4 nitrogen and oxygen atoms in total. The number of aldehydes is 1. The zero-order valence-corrected chi connectivity index (χ0v) is 14.4. The van der Waals surface area contributed by atoms with Crippen LogP contribution in [0.25, 0.3) is 11.3 Å². The van der Waals surface area contributed by atoms with Gasteiger partial charge in [0, 0.05) is 11.1 Å². The molecule has 1 aromatic heterocycles. The minimum Gasteiger partial charge on any atom is -0.457 e.